The molecule has 0 spiro atoms. The van der Waals surface area contributed by atoms with Crippen molar-refractivity contribution in [2.24, 2.45) is 0 Å². The highest BCUT2D eigenvalue weighted by molar-refractivity contribution is 5.90. The Morgan fingerprint density at radius 2 is 1.55 bits per heavy atom. The highest BCUT2D eigenvalue weighted by atomic mass is 16.1. The molecule has 0 aliphatic carbocycles. The van der Waals surface area contributed by atoms with Crippen LogP contribution in [0.4, 0.5) is 5.69 Å². The average molecular weight is 267 g/mol. The van der Waals surface area contributed by atoms with Gasteiger partial charge >= 0.3 is 0 Å². The zero-order chi connectivity index (χ0) is 14.4. The smallest absolute Gasteiger partial charge is 0.224 e. The molecule has 0 bridgehead atoms. The molecule has 1 N–H and O–H groups in total. The van der Waals surface area contributed by atoms with Gasteiger partial charge in [0.25, 0.3) is 0 Å². The van der Waals surface area contributed by atoms with Crippen LogP contribution in [0, 0.1) is 6.92 Å². The molecule has 0 unspecified atom stereocenters. The summed E-state index contributed by atoms with van der Waals surface area (Å²) < 4.78 is 0. The summed E-state index contributed by atoms with van der Waals surface area (Å²) in [5.41, 5.74) is 4.60. The maximum atomic E-state index is 11.9. The standard InChI is InChI=1S/C18H21NO/c1-3-15-6-8-16(9-7-15)10-13-18(20)19-17-11-4-14(2)5-12-17/h4-9,11-12H,3,10,13H2,1-2H3,(H,19,20). The first-order valence-electron chi connectivity index (χ1n) is 7.11. The van der Waals surface area contributed by atoms with Crippen molar-refractivity contribution in [1.82, 2.24) is 0 Å². The summed E-state index contributed by atoms with van der Waals surface area (Å²) in [5.74, 6) is 0.0634. The van der Waals surface area contributed by atoms with Gasteiger partial charge in [0, 0.05) is 12.1 Å². The van der Waals surface area contributed by atoms with Gasteiger partial charge in [0.2, 0.25) is 5.91 Å². The van der Waals surface area contributed by atoms with E-state index < -0.39 is 0 Å². The highest BCUT2D eigenvalue weighted by Gasteiger charge is 2.03. The molecular weight excluding hydrogens is 246 g/mol. The summed E-state index contributed by atoms with van der Waals surface area (Å²) in [5, 5.41) is 2.92. The van der Waals surface area contributed by atoms with E-state index in [0.717, 1.165) is 18.5 Å². The van der Waals surface area contributed by atoms with Crippen molar-refractivity contribution in [3.8, 4) is 0 Å². The summed E-state index contributed by atoms with van der Waals surface area (Å²) in [4.78, 5) is 11.9. The first-order chi connectivity index (χ1) is 9.67. The molecule has 20 heavy (non-hydrogen) atoms. The summed E-state index contributed by atoms with van der Waals surface area (Å²) in [6, 6.07) is 16.3. The number of amides is 1. The Bertz CT molecular complexity index is 555. The summed E-state index contributed by atoms with van der Waals surface area (Å²) in [7, 11) is 0. The summed E-state index contributed by atoms with van der Waals surface area (Å²) >= 11 is 0. The lowest BCUT2D eigenvalue weighted by Crippen LogP contribution is -2.12. The molecule has 0 heterocycles. The molecule has 0 atom stereocenters. The SMILES string of the molecule is CCc1ccc(CCC(=O)Nc2ccc(C)cc2)cc1. The van der Waals surface area contributed by atoms with E-state index in [1.165, 1.54) is 16.7 Å². The molecule has 1 amide bonds. The van der Waals surface area contributed by atoms with Gasteiger partial charge in [-0.15, -0.1) is 0 Å². The van der Waals surface area contributed by atoms with Gasteiger partial charge in [-0.1, -0.05) is 48.9 Å². The monoisotopic (exact) mass is 267 g/mol. The molecule has 2 rings (SSSR count). The third-order valence-corrected chi connectivity index (χ3v) is 3.41. The number of hydrogen-bond acceptors (Lipinski definition) is 1. The minimum Gasteiger partial charge on any atom is -0.326 e. The number of carbonyl (C=O) groups is 1. The van der Waals surface area contributed by atoms with E-state index in [-0.39, 0.29) is 5.91 Å². The largest absolute Gasteiger partial charge is 0.326 e. The fraction of sp³-hybridized carbons (Fsp3) is 0.278. The Kier molecular flexibility index (Phi) is 4.94. The van der Waals surface area contributed by atoms with Gasteiger partial charge in [0.15, 0.2) is 0 Å². The molecule has 2 nitrogen and oxygen atoms in total. The number of anilines is 1. The average Bonchev–Trinajstić information content (AvgIpc) is 2.48. The van der Waals surface area contributed by atoms with Gasteiger partial charge in [-0.2, -0.15) is 0 Å². The van der Waals surface area contributed by atoms with Crippen LogP contribution in [-0.4, -0.2) is 5.91 Å². The summed E-state index contributed by atoms with van der Waals surface area (Å²) in [6.07, 6.45) is 2.34. The Balaban J connectivity index is 1.83. The predicted molar refractivity (Wildman–Crippen MR) is 83.9 cm³/mol. The maximum absolute atomic E-state index is 11.9. The van der Waals surface area contributed by atoms with Gasteiger partial charge in [0.05, 0.1) is 0 Å². The fourth-order valence-corrected chi connectivity index (χ4v) is 2.06. The lowest BCUT2D eigenvalue weighted by atomic mass is 10.1. The zero-order valence-corrected chi connectivity index (χ0v) is 12.1. The molecule has 2 aromatic carbocycles. The van der Waals surface area contributed by atoms with Crippen molar-refractivity contribution in [2.75, 3.05) is 5.32 Å². The molecule has 0 aromatic heterocycles. The van der Waals surface area contributed by atoms with Crippen LogP contribution < -0.4 is 5.32 Å². The van der Waals surface area contributed by atoms with Crippen LogP contribution in [0.2, 0.25) is 0 Å². The van der Waals surface area contributed by atoms with E-state index in [1.807, 2.05) is 31.2 Å². The van der Waals surface area contributed by atoms with Crippen molar-refractivity contribution in [3.05, 3.63) is 65.2 Å². The topological polar surface area (TPSA) is 29.1 Å². The Morgan fingerprint density at radius 1 is 0.950 bits per heavy atom. The molecule has 104 valence electrons. The van der Waals surface area contributed by atoms with Crippen LogP contribution in [0.15, 0.2) is 48.5 Å². The minimum absolute atomic E-state index is 0.0634. The number of hydrogen-bond donors (Lipinski definition) is 1. The second kappa shape index (κ2) is 6.90. The van der Waals surface area contributed by atoms with Gasteiger partial charge in [-0.05, 0) is 43.0 Å². The number of aryl methyl sites for hydroxylation is 3. The quantitative estimate of drug-likeness (QED) is 0.867. The first kappa shape index (κ1) is 14.3. The summed E-state index contributed by atoms with van der Waals surface area (Å²) in [6.45, 7) is 4.18. The van der Waals surface area contributed by atoms with Crippen LogP contribution in [0.3, 0.4) is 0 Å². The first-order valence-corrected chi connectivity index (χ1v) is 7.11. The van der Waals surface area contributed by atoms with E-state index in [4.69, 9.17) is 0 Å². The maximum Gasteiger partial charge on any atom is 0.224 e. The Labute approximate surface area is 120 Å². The third-order valence-electron chi connectivity index (χ3n) is 3.41. The number of nitrogens with one attached hydrogen (secondary N) is 1. The molecule has 0 fully saturated rings. The fourth-order valence-electron chi connectivity index (χ4n) is 2.06. The molecule has 2 heteroatoms. The Hall–Kier alpha value is -2.09. The number of benzene rings is 2. The van der Waals surface area contributed by atoms with Crippen molar-refractivity contribution >= 4 is 11.6 Å². The lowest BCUT2D eigenvalue weighted by Gasteiger charge is -2.06. The number of carbonyl (C=O) groups excluding carboxylic acids is 1. The predicted octanol–water partition coefficient (Wildman–Crippen LogP) is 4.13. The van der Waals surface area contributed by atoms with Gasteiger partial charge in [-0.25, -0.2) is 0 Å². The minimum atomic E-state index is 0.0634. The number of rotatable bonds is 5. The van der Waals surface area contributed by atoms with Crippen LogP contribution >= 0.6 is 0 Å². The molecular formula is C18H21NO. The van der Waals surface area contributed by atoms with Gasteiger partial charge in [0.1, 0.15) is 0 Å². The highest BCUT2D eigenvalue weighted by Crippen LogP contribution is 2.11. The van der Waals surface area contributed by atoms with E-state index in [0.29, 0.717) is 6.42 Å². The van der Waals surface area contributed by atoms with E-state index in [2.05, 4.69) is 36.5 Å². The van der Waals surface area contributed by atoms with Crippen molar-refractivity contribution in [2.45, 2.75) is 33.1 Å². The molecule has 0 aliphatic heterocycles. The zero-order valence-electron chi connectivity index (χ0n) is 12.1. The van der Waals surface area contributed by atoms with E-state index >= 15 is 0 Å². The second-order valence-electron chi connectivity index (χ2n) is 5.08. The van der Waals surface area contributed by atoms with Crippen LogP contribution in [-0.2, 0) is 17.6 Å². The normalized spacial score (nSPS) is 10.3. The van der Waals surface area contributed by atoms with E-state index in [1.54, 1.807) is 0 Å². The van der Waals surface area contributed by atoms with Gasteiger partial charge < -0.3 is 5.32 Å². The molecule has 2 aromatic rings. The van der Waals surface area contributed by atoms with Crippen molar-refractivity contribution < 1.29 is 4.79 Å². The molecule has 0 radical (unpaired) electrons. The molecule has 0 saturated heterocycles. The van der Waals surface area contributed by atoms with Gasteiger partial charge in [-0.3, -0.25) is 4.79 Å². The van der Waals surface area contributed by atoms with Crippen molar-refractivity contribution in [3.63, 3.8) is 0 Å². The Morgan fingerprint density at radius 3 is 2.15 bits per heavy atom. The second-order valence-corrected chi connectivity index (χ2v) is 5.08. The van der Waals surface area contributed by atoms with Crippen LogP contribution in [0.5, 0.6) is 0 Å². The van der Waals surface area contributed by atoms with Crippen molar-refractivity contribution in [1.29, 1.82) is 0 Å². The van der Waals surface area contributed by atoms with Crippen LogP contribution in [0.25, 0.3) is 0 Å². The molecule has 0 aliphatic rings. The molecule has 0 saturated carbocycles. The third kappa shape index (κ3) is 4.23. The van der Waals surface area contributed by atoms with E-state index in [9.17, 15) is 4.79 Å². The lowest BCUT2D eigenvalue weighted by molar-refractivity contribution is -0.116. The van der Waals surface area contributed by atoms with Crippen LogP contribution in [0.1, 0.15) is 30.0 Å².